The van der Waals surface area contributed by atoms with Crippen LogP contribution in [0.15, 0.2) is 54.6 Å². The molecule has 1 aromatic carbocycles. The minimum absolute atomic E-state index is 0.317. The van der Waals surface area contributed by atoms with E-state index in [2.05, 4.69) is 26.5 Å². The lowest BCUT2D eigenvalue weighted by atomic mass is 9.80. The van der Waals surface area contributed by atoms with Crippen LogP contribution in [0, 0.1) is 5.41 Å². The molecule has 1 aromatic rings. The summed E-state index contributed by atoms with van der Waals surface area (Å²) in [5, 5.41) is 10.4. The molecule has 1 rings (SSSR count). The quantitative estimate of drug-likeness (QED) is 0.678. The minimum Gasteiger partial charge on any atom is -0.390 e. The number of aliphatic hydroxyl groups is 1. The number of hydrogen-bond acceptors (Lipinski definition) is 2. The summed E-state index contributed by atoms with van der Waals surface area (Å²) in [4.78, 5) is 0. The van der Waals surface area contributed by atoms with Gasteiger partial charge >= 0.3 is 0 Å². The summed E-state index contributed by atoms with van der Waals surface area (Å²) in [5.74, 6) is 0. The second-order valence-electron chi connectivity index (χ2n) is 6.05. The molecule has 0 saturated carbocycles. The van der Waals surface area contributed by atoms with Gasteiger partial charge in [0.25, 0.3) is 0 Å². The predicted molar refractivity (Wildman–Crippen MR) is 89.1 cm³/mol. The highest BCUT2D eigenvalue weighted by atomic mass is 16.5. The summed E-state index contributed by atoms with van der Waals surface area (Å²) in [6, 6.07) is 10.0. The number of allylic oxidation sites excluding steroid dienone is 2. The molecule has 21 heavy (non-hydrogen) atoms. The van der Waals surface area contributed by atoms with Crippen LogP contribution >= 0.6 is 0 Å². The molecular formula is C19H28O2. The van der Waals surface area contributed by atoms with Crippen molar-refractivity contribution in [3.8, 4) is 0 Å². The molecule has 0 spiro atoms. The van der Waals surface area contributed by atoms with Gasteiger partial charge in [-0.05, 0) is 32.3 Å². The van der Waals surface area contributed by atoms with Crippen molar-refractivity contribution in [3.05, 3.63) is 60.2 Å². The summed E-state index contributed by atoms with van der Waals surface area (Å²) in [7, 11) is 0. The Labute approximate surface area is 129 Å². The number of rotatable bonds is 9. The monoisotopic (exact) mass is 288 g/mol. The second kappa shape index (κ2) is 8.81. The summed E-state index contributed by atoms with van der Waals surface area (Å²) < 4.78 is 5.64. The zero-order valence-electron chi connectivity index (χ0n) is 13.5. The zero-order chi connectivity index (χ0) is 15.7. The van der Waals surface area contributed by atoms with E-state index in [-0.39, 0.29) is 5.41 Å². The Bertz CT molecular complexity index is 446. The Kier molecular flexibility index (Phi) is 7.41. The van der Waals surface area contributed by atoms with Gasteiger partial charge in [-0.25, -0.2) is 0 Å². The van der Waals surface area contributed by atoms with Gasteiger partial charge in [0.05, 0.1) is 19.3 Å². The van der Waals surface area contributed by atoms with Gasteiger partial charge in [0, 0.05) is 5.41 Å². The SMILES string of the molecule is C=C[C@](C)(CCC=C(C)C)[C@H](O)COCc1ccccc1. The van der Waals surface area contributed by atoms with E-state index >= 15 is 0 Å². The molecule has 0 heterocycles. The van der Waals surface area contributed by atoms with E-state index in [4.69, 9.17) is 4.74 Å². The average molecular weight is 288 g/mol. The van der Waals surface area contributed by atoms with Crippen molar-refractivity contribution in [3.63, 3.8) is 0 Å². The first kappa shape index (κ1) is 17.7. The van der Waals surface area contributed by atoms with E-state index in [1.54, 1.807) is 0 Å². The van der Waals surface area contributed by atoms with Crippen LogP contribution in [0.4, 0.5) is 0 Å². The van der Waals surface area contributed by atoms with E-state index in [0.29, 0.717) is 13.2 Å². The van der Waals surface area contributed by atoms with Crippen molar-refractivity contribution < 1.29 is 9.84 Å². The normalized spacial score (nSPS) is 15.0. The number of ether oxygens (including phenoxy) is 1. The maximum absolute atomic E-state index is 10.4. The Hall–Kier alpha value is -1.38. The number of aliphatic hydroxyl groups excluding tert-OH is 1. The van der Waals surface area contributed by atoms with Crippen LogP contribution in [-0.4, -0.2) is 17.8 Å². The van der Waals surface area contributed by atoms with Gasteiger partial charge in [-0.3, -0.25) is 0 Å². The van der Waals surface area contributed by atoms with Gasteiger partial charge in [-0.1, -0.05) is 55.0 Å². The highest BCUT2D eigenvalue weighted by Gasteiger charge is 2.29. The lowest BCUT2D eigenvalue weighted by molar-refractivity contribution is -0.0242. The highest BCUT2D eigenvalue weighted by Crippen LogP contribution is 2.30. The molecule has 0 aromatic heterocycles. The Morgan fingerprint density at radius 2 is 2.00 bits per heavy atom. The number of hydrogen-bond donors (Lipinski definition) is 1. The summed E-state index contributed by atoms with van der Waals surface area (Å²) in [6.07, 6.45) is 5.32. The van der Waals surface area contributed by atoms with Gasteiger partial charge in [0.1, 0.15) is 0 Å². The van der Waals surface area contributed by atoms with E-state index in [1.807, 2.05) is 43.3 Å². The molecule has 0 unspecified atom stereocenters. The lowest BCUT2D eigenvalue weighted by Gasteiger charge is -2.31. The fourth-order valence-corrected chi connectivity index (χ4v) is 2.13. The van der Waals surface area contributed by atoms with Crippen molar-refractivity contribution in [1.29, 1.82) is 0 Å². The molecule has 116 valence electrons. The molecule has 2 atom stereocenters. The zero-order valence-corrected chi connectivity index (χ0v) is 13.5. The molecule has 2 nitrogen and oxygen atoms in total. The smallest absolute Gasteiger partial charge is 0.0861 e. The van der Waals surface area contributed by atoms with Gasteiger partial charge in [0.2, 0.25) is 0 Å². The largest absolute Gasteiger partial charge is 0.390 e. The summed E-state index contributed by atoms with van der Waals surface area (Å²) in [5.41, 5.74) is 2.11. The Balaban J connectivity index is 2.44. The van der Waals surface area contributed by atoms with Crippen molar-refractivity contribution in [1.82, 2.24) is 0 Å². The van der Waals surface area contributed by atoms with Gasteiger partial charge in [-0.15, -0.1) is 6.58 Å². The third kappa shape index (κ3) is 6.28. The molecule has 0 aliphatic rings. The molecular weight excluding hydrogens is 260 g/mol. The molecule has 0 aliphatic heterocycles. The van der Waals surface area contributed by atoms with E-state index in [9.17, 15) is 5.11 Å². The third-order valence-corrected chi connectivity index (χ3v) is 3.85. The first-order chi connectivity index (χ1) is 9.98. The molecule has 0 fully saturated rings. The van der Waals surface area contributed by atoms with Crippen LogP contribution in [0.2, 0.25) is 0 Å². The van der Waals surface area contributed by atoms with Gasteiger partial charge in [0.15, 0.2) is 0 Å². The summed E-state index contributed by atoms with van der Waals surface area (Å²) >= 11 is 0. The van der Waals surface area contributed by atoms with Crippen LogP contribution in [0.1, 0.15) is 39.2 Å². The van der Waals surface area contributed by atoms with Crippen LogP contribution in [-0.2, 0) is 11.3 Å². The maximum Gasteiger partial charge on any atom is 0.0861 e. The first-order valence-corrected chi connectivity index (χ1v) is 7.54. The number of benzene rings is 1. The molecule has 0 bridgehead atoms. The summed E-state index contributed by atoms with van der Waals surface area (Å²) in [6.45, 7) is 10.9. The van der Waals surface area contributed by atoms with E-state index in [1.165, 1.54) is 5.57 Å². The predicted octanol–water partition coefficient (Wildman–Crippen LogP) is 4.50. The first-order valence-electron chi connectivity index (χ1n) is 7.54. The lowest BCUT2D eigenvalue weighted by Crippen LogP contribution is -2.34. The molecule has 0 radical (unpaired) electrons. The van der Waals surface area contributed by atoms with Crippen molar-refractivity contribution in [2.75, 3.05) is 6.61 Å². The molecule has 0 saturated heterocycles. The van der Waals surface area contributed by atoms with Crippen molar-refractivity contribution in [2.45, 2.75) is 46.3 Å². The van der Waals surface area contributed by atoms with Gasteiger partial charge in [-0.2, -0.15) is 0 Å². The Morgan fingerprint density at radius 3 is 2.57 bits per heavy atom. The average Bonchev–Trinajstić information content (AvgIpc) is 2.47. The molecule has 1 N–H and O–H groups in total. The van der Waals surface area contributed by atoms with E-state index < -0.39 is 6.10 Å². The molecule has 0 aliphatic carbocycles. The fraction of sp³-hybridized carbons (Fsp3) is 0.474. The second-order valence-corrected chi connectivity index (χ2v) is 6.05. The van der Waals surface area contributed by atoms with Crippen LogP contribution < -0.4 is 0 Å². The highest BCUT2D eigenvalue weighted by molar-refractivity contribution is 5.13. The fourth-order valence-electron chi connectivity index (χ4n) is 2.13. The van der Waals surface area contributed by atoms with Crippen molar-refractivity contribution in [2.24, 2.45) is 5.41 Å². The topological polar surface area (TPSA) is 29.5 Å². The Morgan fingerprint density at radius 1 is 1.33 bits per heavy atom. The maximum atomic E-state index is 10.4. The van der Waals surface area contributed by atoms with Gasteiger partial charge < -0.3 is 9.84 Å². The third-order valence-electron chi connectivity index (χ3n) is 3.85. The van der Waals surface area contributed by atoms with Crippen LogP contribution in [0.25, 0.3) is 0 Å². The van der Waals surface area contributed by atoms with E-state index in [0.717, 1.165) is 18.4 Å². The van der Waals surface area contributed by atoms with Crippen LogP contribution in [0.5, 0.6) is 0 Å². The van der Waals surface area contributed by atoms with Crippen LogP contribution in [0.3, 0.4) is 0 Å². The standard InChI is InChI=1S/C19H28O2/c1-5-19(4,13-9-10-16(2)3)18(20)15-21-14-17-11-7-6-8-12-17/h5-8,10-12,18,20H,1,9,13-15H2,2-4H3/t18-,19-/m1/s1. The molecule has 2 heteroatoms. The van der Waals surface area contributed by atoms with Crippen molar-refractivity contribution >= 4 is 0 Å². The minimum atomic E-state index is -0.538. The molecule has 0 amide bonds.